The number of hydrogen-bond donors (Lipinski definition) is 1. The van der Waals surface area contributed by atoms with Crippen LogP contribution in [0.3, 0.4) is 0 Å². The number of ether oxygens (including phenoxy) is 1. The van der Waals surface area contributed by atoms with E-state index in [-0.39, 0.29) is 11.4 Å². The summed E-state index contributed by atoms with van der Waals surface area (Å²) >= 11 is 0. The number of rotatable bonds is 4. The van der Waals surface area contributed by atoms with Crippen LogP contribution in [0.2, 0.25) is 0 Å². The molecule has 2 N–H and O–H groups in total. The highest BCUT2D eigenvalue weighted by Crippen LogP contribution is 2.25. The van der Waals surface area contributed by atoms with E-state index < -0.39 is 0 Å². The van der Waals surface area contributed by atoms with Gasteiger partial charge in [-0.15, -0.1) is 0 Å². The molecule has 0 bridgehead atoms. The number of halogens is 1. The molecule has 0 heterocycles. The highest BCUT2D eigenvalue weighted by molar-refractivity contribution is 5.15. The molecule has 0 atom stereocenters. The van der Waals surface area contributed by atoms with E-state index in [2.05, 4.69) is 0 Å². The molecular weight excluding hydrogens is 229 g/mol. The Morgan fingerprint density at radius 2 is 1.89 bits per heavy atom. The zero-order chi connectivity index (χ0) is 12.8. The minimum absolute atomic E-state index is 0.177. The smallest absolute Gasteiger partial charge is 0.123 e. The van der Waals surface area contributed by atoms with Crippen molar-refractivity contribution in [2.45, 2.75) is 50.7 Å². The normalized spacial score (nSPS) is 19.4. The topological polar surface area (TPSA) is 35.2 Å². The lowest BCUT2D eigenvalue weighted by Crippen LogP contribution is -2.43. The van der Waals surface area contributed by atoms with Gasteiger partial charge in [0.2, 0.25) is 0 Å². The highest BCUT2D eigenvalue weighted by Gasteiger charge is 2.26. The second-order valence-corrected chi connectivity index (χ2v) is 5.40. The van der Waals surface area contributed by atoms with Crippen LogP contribution in [0, 0.1) is 5.82 Å². The van der Waals surface area contributed by atoms with E-state index in [4.69, 9.17) is 10.5 Å². The van der Waals surface area contributed by atoms with Gasteiger partial charge >= 0.3 is 0 Å². The molecule has 0 saturated heterocycles. The molecule has 0 unspecified atom stereocenters. The van der Waals surface area contributed by atoms with Gasteiger partial charge in [-0.1, -0.05) is 37.8 Å². The molecule has 0 aromatic heterocycles. The Bertz CT molecular complexity index is 373. The predicted octanol–water partition coefficient (Wildman–Crippen LogP) is 3.39. The molecule has 0 amide bonds. The van der Waals surface area contributed by atoms with E-state index in [0.717, 1.165) is 18.4 Å². The molecular formula is C15H22FNO. The van der Waals surface area contributed by atoms with Gasteiger partial charge in [0.05, 0.1) is 13.2 Å². The maximum atomic E-state index is 13.0. The monoisotopic (exact) mass is 251 g/mol. The van der Waals surface area contributed by atoms with Crippen LogP contribution >= 0.6 is 0 Å². The third-order valence-electron chi connectivity index (χ3n) is 3.65. The molecule has 2 nitrogen and oxygen atoms in total. The molecule has 1 fully saturated rings. The van der Waals surface area contributed by atoms with Crippen molar-refractivity contribution in [2.24, 2.45) is 5.73 Å². The Morgan fingerprint density at radius 1 is 1.17 bits per heavy atom. The number of benzene rings is 1. The van der Waals surface area contributed by atoms with Gasteiger partial charge in [0.15, 0.2) is 0 Å². The summed E-state index contributed by atoms with van der Waals surface area (Å²) in [5.41, 5.74) is 7.05. The molecule has 1 aromatic carbocycles. The Balaban J connectivity index is 1.80. The first-order valence-electron chi connectivity index (χ1n) is 6.79. The third-order valence-corrected chi connectivity index (χ3v) is 3.65. The summed E-state index contributed by atoms with van der Waals surface area (Å²) in [6, 6.07) is 6.53. The van der Waals surface area contributed by atoms with E-state index in [1.54, 1.807) is 6.07 Å². The first-order valence-corrected chi connectivity index (χ1v) is 6.79. The van der Waals surface area contributed by atoms with Gasteiger partial charge in [0, 0.05) is 5.54 Å². The van der Waals surface area contributed by atoms with Crippen LogP contribution in [0.4, 0.5) is 4.39 Å². The summed E-state index contributed by atoms with van der Waals surface area (Å²) in [5, 5.41) is 0. The Morgan fingerprint density at radius 3 is 2.56 bits per heavy atom. The summed E-state index contributed by atoms with van der Waals surface area (Å²) < 4.78 is 18.7. The van der Waals surface area contributed by atoms with Crippen molar-refractivity contribution in [2.75, 3.05) is 6.61 Å². The summed E-state index contributed by atoms with van der Waals surface area (Å²) in [7, 11) is 0. The van der Waals surface area contributed by atoms with Crippen molar-refractivity contribution in [1.29, 1.82) is 0 Å². The highest BCUT2D eigenvalue weighted by atomic mass is 19.1. The zero-order valence-electron chi connectivity index (χ0n) is 10.8. The van der Waals surface area contributed by atoms with Crippen LogP contribution in [-0.4, -0.2) is 12.1 Å². The molecule has 1 aliphatic rings. The number of hydrogen-bond acceptors (Lipinski definition) is 2. The average molecular weight is 251 g/mol. The molecule has 18 heavy (non-hydrogen) atoms. The number of nitrogens with two attached hydrogens (primary N) is 1. The molecule has 1 saturated carbocycles. The maximum Gasteiger partial charge on any atom is 0.123 e. The van der Waals surface area contributed by atoms with E-state index in [1.165, 1.54) is 37.8 Å². The molecule has 100 valence electrons. The lowest BCUT2D eigenvalue weighted by Gasteiger charge is -2.27. The van der Waals surface area contributed by atoms with Crippen LogP contribution in [0.5, 0.6) is 0 Å². The second kappa shape index (κ2) is 6.30. The van der Waals surface area contributed by atoms with Gasteiger partial charge in [0.25, 0.3) is 0 Å². The fraction of sp³-hybridized carbons (Fsp3) is 0.600. The van der Waals surface area contributed by atoms with Crippen molar-refractivity contribution >= 4 is 0 Å². The van der Waals surface area contributed by atoms with Crippen LogP contribution in [-0.2, 0) is 11.3 Å². The lowest BCUT2D eigenvalue weighted by atomic mass is 9.93. The Labute approximate surface area is 108 Å². The quantitative estimate of drug-likeness (QED) is 0.832. The van der Waals surface area contributed by atoms with E-state index in [0.29, 0.717) is 13.2 Å². The minimum atomic E-state index is -0.215. The molecule has 0 spiro atoms. The largest absolute Gasteiger partial charge is 0.375 e. The third kappa shape index (κ3) is 4.07. The Hall–Kier alpha value is -0.930. The predicted molar refractivity (Wildman–Crippen MR) is 70.7 cm³/mol. The minimum Gasteiger partial charge on any atom is -0.375 e. The van der Waals surface area contributed by atoms with E-state index in [1.807, 2.05) is 6.07 Å². The van der Waals surface area contributed by atoms with Gasteiger partial charge in [-0.25, -0.2) is 4.39 Å². The summed E-state index contributed by atoms with van der Waals surface area (Å²) in [6.07, 6.45) is 7.03. The summed E-state index contributed by atoms with van der Waals surface area (Å²) in [6.45, 7) is 1.01. The first kappa shape index (κ1) is 13.5. The Kier molecular flexibility index (Phi) is 4.72. The average Bonchev–Trinajstić information content (AvgIpc) is 2.55. The summed E-state index contributed by atoms with van der Waals surface area (Å²) in [5.74, 6) is -0.215. The molecule has 1 aromatic rings. The molecule has 1 aliphatic carbocycles. The van der Waals surface area contributed by atoms with Crippen LogP contribution in [0.25, 0.3) is 0 Å². The molecule has 3 heteroatoms. The van der Waals surface area contributed by atoms with Crippen molar-refractivity contribution in [3.63, 3.8) is 0 Å². The first-order chi connectivity index (χ1) is 8.68. The van der Waals surface area contributed by atoms with Crippen LogP contribution in [0.15, 0.2) is 24.3 Å². The summed E-state index contributed by atoms with van der Waals surface area (Å²) in [4.78, 5) is 0. The fourth-order valence-electron chi connectivity index (χ4n) is 2.58. The second-order valence-electron chi connectivity index (χ2n) is 5.40. The van der Waals surface area contributed by atoms with Crippen molar-refractivity contribution in [3.8, 4) is 0 Å². The van der Waals surface area contributed by atoms with Crippen LogP contribution < -0.4 is 5.73 Å². The van der Waals surface area contributed by atoms with Gasteiger partial charge < -0.3 is 10.5 Å². The standard InChI is InChI=1S/C15H22FNO/c16-14-7-5-6-13(10-14)11-18-12-15(17)8-3-1-2-4-9-15/h5-7,10H,1-4,8-9,11-12,17H2. The van der Waals surface area contributed by atoms with Gasteiger partial charge in [-0.05, 0) is 30.5 Å². The van der Waals surface area contributed by atoms with Crippen molar-refractivity contribution < 1.29 is 9.13 Å². The van der Waals surface area contributed by atoms with Crippen molar-refractivity contribution in [3.05, 3.63) is 35.6 Å². The molecule has 0 aliphatic heterocycles. The van der Waals surface area contributed by atoms with Gasteiger partial charge in [-0.3, -0.25) is 0 Å². The maximum absolute atomic E-state index is 13.0. The lowest BCUT2D eigenvalue weighted by molar-refractivity contribution is 0.0666. The SMILES string of the molecule is NC1(COCc2cccc(F)c2)CCCCCC1. The van der Waals surface area contributed by atoms with E-state index in [9.17, 15) is 4.39 Å². The molecule has 2 rings (SSSR count). The zero-order valence-corrected chi connectivity index (χ0v) is 10.8. The fourth-order valence-corrected chi connectivity index (χ4v) is 2.58. The van der Waals surface area contributed by atoms with Gasteiger partial charge in [-0.2, -0.15) is 0 Å². The van der Waals surface area contributed by atoms with E-state index >= 15 is 0 Å². The van der Waals surface area contributed by atoms with Gasteiger partial charge in [0.1, 0.15) is 5.82 Å². The molecule has 0 radical (unpaired) electrons. The van der Waals surface area contributed by atoms with Crippen molar-refractivity contribution in [1.82, 2.24) is 0 Å². The van der Waals surface area contributed by atoms with Crippen LogP contribution in [0.1, 0.15) is 44.1 Å².